The summed E-state index contributed by atoms with van der Waals surface area (Å²) in [5, 5.41) is 67.2. The molecule has 19 heteroatoms. The van der Waals surface area contributed by atoms with Gasteiger partial charge in [-0.2, -0.15) is 0 Å². The molecule has 1 aromatic carbocycles. The Morgan fingerprint density at radius 1 is 0.943 bits per heavy atom. The molecule has 5 rings (SSSR count). The molecule has 0 saturated carbocycles. The van der Waals surface area contributed by atoms with Gasteiger partial charge < -0.3 is 58.6 Å². The van der Waals surface area contributed by atoms with Crippen molar-refractivity contribution >= 4 is 11.7 Å². The van der Waals surface area contributed by atoms with Crippen LogP contribution >= 0.6 is 0 Å². The van der Waals surface area contributed by atoms with Crippen molar-refractivity contribution in [3.05, 3.63) is 51.8 Å². The number of esters is 1. The molecule has 0 spiro atoms. The number of aliphatic hydroxyl groups excluding tert-OH is 2. The van der Waals surface area contributed by atoms with Crippen LogP contribution in [-0.4, -0.2) is 175 Å². The van der Waals surface area contributed by atoms with E-state index in [2.05, 4.69) is 22.3 Å². The third-order valence-electron chi connectivity index (χ3n) is 15.6. The Morgan fingerprint density at radius 2 is 1.63 bits per heavy atom. The van der Waals surface area contributed by atoms with Crippen LogP contribution in [0.5, 0.6) is 0 Å². The Labute approximate surface area is 415 Å². The van der Waals surface area contributed by atoms with Crippen LogP contribution in [-0.2, 0) is 52.6 Å². The molecule has 17 atom stereocenters. The summed E-state index contributed by atoms with van der Waals surface area (Å²) in [7, 11) is 5.47. The summed E-state index contributed by atoms with van der Waals surface area (Å²) in [6.45, 7) is 19.9. The topological polar surface area (TPSA) is 234 Å². The van der Waals surface area contributed by atoms with Crippen molar-refractivity contribution < 1.29 is 58.6 Å². The lowest BCUT2D eigenvalue weighted by Crippen LogP contribution is -2.59. The van der Waals surface area contributed by atoms with Crippen molar-refractivity contribution in [1.82, 2.24) is 24.8 Å². The molecular formula is C51H86N6O13. The highest BCUT2D eigenvalue weighted by Gasteiger charge is 2.52. The first kappa shape index (κ1) is 57.7. The molecule has 19 nitrogen and oxygen atoms in total. The summed E-state index contributed by atoms with van der Waals surface area (Å²) in [5.74, 6) is -2.48. The van der Waals surface area contributed by atoms with E-state index in [1.807, 2.05) is 50.5 Å². The molecule has 4 N–H and O–H groups in total. The summed E-state index contributed by atoms with van der Waals surface area (Å²) in [4.78, 5) is 29.3. The fraction of sp³-hybridized carbons (Fsp3) is 0.824. The van der Waals surface area contributed by atoms with Crippen LogP contribution in [0.2, 0.25) is 0 Å². The molecular weight excluding hydrogens is 905 g/mol. The summed E-state index contributed by atoms with van der Waals surface area (Å²) in [6, 6.07) is 6.20. The van der Waals surface area contributed by atoms with Gasteiger partial charge >= 0.3 is 5.97 Å². The van der Waals surface area contributed by atoms with Gasteiger partial charge in [-0.15, -0.1) is 5.10 Å². The third kappa shape index (κ3) is 14.5. The van der Waals surface area contributed by atoms with Gasteiger partial charge in [0.25, 0.3) is 5.69 Å². The minimum absolute atomic E-state index is 0.0567. The molecule has 1 aromatic heterocycles. The van der Waals surface area contributed by atoms with E-state index in [-0.39, 0.29) is 43.0 Å². The Balaban J connectivity index is 1.35. The number of rotatable bonds is 16. The summed E-state index contributed by atoms with van der Waals surface area (Å²) in [6.07, 6.45) is -0.619. The number of non-ortho nitro benzene ring substituents is 1. The Bertz CT molecular complexity index is 1960. The fourth-order valence-electron chi connectivity index (χ4n) is 11.0. The van der Waals surface area contributed by atoms with Crippen LogP contribution in [0.25, 0.3) is 0 Å². The SMILES string of the molecule is CC[C@H]1OC(=O)[C@H](C)[C@@H](O[C@H]2C[C@@](C)(OC)[C@@H](O)[C@H](C)O2)[C@H](C)[C@@H](O[C@H]2C[C@@H](N(C)CCc3cn(CCCCc4ccc([N+](=O)[O-])cc4)nn3)C[C@@H](C)O2)[C@](C)(O)C[C@@H](C)CN(C)[C@H](C)[C@@H](O)[C@]1(C)O. The fourth-order valence-corrected chi connectivity index (χ4v) is 11.0. The zero-order chi connectivity index (χ0) is 51.9. The maximum absolute atomic E-state index is 14.5. The van der Waals surface area contributed by atoms with Gasteiger partial charge in [-0.25, -0.2) is 0 Å². The van der Waals surface area contributed by atoms with Gasteiger partial charge in [0.1, 0.15) is 23.9 Å². The van der Waals surface area contributed by atoms with Crippen LogP contribution in [0.3, 0.4) is 0 Å². The average molecular weight is 991 g/mol. The van der Waals surface area contributed by atoms with Crippen LogP contribution in [0.15, 0.2) is 30.5 Å². The minimum atomic E-state index is -1.81. The molecule has 0 unspecified atom stereocenters. The number of ether oxygens (including phenoxy) is 6. The molecule has 0 amide bonds. The highest BCUT2D eigenvalue weighted by molar-refractivity contribution is 5.73. The standard InChI is InChI=1S/C51H86N6O13/c1-14-41-51(10,62)45(58)35(6)55(12)29-31(2)27-49(8,61)47(33(4)44(34(5)48(60)68-41)69-43-28-50(9,65-13)46(59)36(7)67-43)70-42-26-40(25-32(3)66-42)54(11)24-22-38-30-56(53-52-38)23-16-15-17-37-18-20-39(21-19-37)57(63)64/h18-21,30-36,40-47,58-59,61-62H,14-17,22-29H2,1-13H3/t31-,32-,33+,34-,35-,36+,40+,41-,42+,43+,44+,45-,46+,47-,49-,50-,51-/m1/s1. The number of carbonyl (C=O) groups is 1. The number of unbranched alkanes of at least 4 members (excludes halogenated alkanes) is 1. The van der Waals surface area contributed by atoms with E-state index in [9.17, 15) is 35.3 Å². The lowest BCUT2D eigenvalue weighted by Gasteiger charge is -2.48. The van der Waals surface area contributed by atoms with E-state index in [0.29, 0.717) is 32.5 Å². The largest absolute Gasteiger partial charge is 0.459 e. The van der Waals surface area contributed by atoms with Gasteiger partial charge in [0, 0.05) is 82.3 Å². The molecule has 2 aromatic rings. The Kier molecular flexibility index (Phi) is 20.3. The van der Waals surface area contributed by atoms with Gasteiger partial charge in [-0.05, 0) is 113 Å². The van der Waals surface area contributed by atoms with Gasteiger partial charge in [-0.1, -0.05) is 38.1 Å². The second-order valence-electron chi connectivity index (χ2n) is 21.7. The smallest absolute Gasteiger partial charge is 0.311 e. The van der Waals surface area contributed by atoms with Gasteiger partial charge in [0.05, 0.1) is 52.2 Å². The van der Waals surface area contributed by atoms with E-state index in [1.165, 1.54) is 26.2 Å². The highest BCUT2D eigenvalue weighted by Crippen LogP contribution is 2.40. The van der Waals surface area contributed by atoms with Gasteiger partial charge in [0.15, 0.2) is 12.6 Å². The number of aliphatic hydroxyl groups is 4. The summed E-state index contributed by atoms with van der Waals surface area (Å²) in [5.41, 5.74) is -2.32. The van der Waals surface area contributed by atoms with Crippen molar-refractivity contribution in [3.63, 3.8) is 0 Å². The predicted octanol–water partition coefficient (Wildman–Crippen LogP) is 5.07. The van der Waals surface area contributed by atoms with Crippen molar-refractivity contribution in [3.8, 4) is 0 Å². The maximum atomic E-state index is 14.5. The Morgan fingerprint density at radius 3 is 2.27 bits per heavy atom. The predicted molar refractivity (Wildman–Crippen MR) is 261 cm³/mol. The number of cyclic esters (lactones) is 1. The third-order valence-corrected chi connectivity index (χ3v) is 15.6. The van der Waals surface area contributed by atoms with Crippen molar-refractivity contribution in [2.45, 2.75) is 218 Å². The van der Waals surface area contributed by atoms with E-state index < -0.39 is 94.8 Å². The average Bonchev–Trinajstić information content (AvgIpc) is 3.77. The quantitative estimate of drug-likeness (QED) is 0.0744. The molecule has 3 aliphatic heterocycles. The number of aryl methyl sites for hydroxylation is 2. The molecule has 70 heavy (non-hydrogen) atoms. The number of benzene rings is 1. The monoisotopic (exact) mass is 991 g/mol. The zero-order valence-electron chi connectivity index (χ0n) is 44.1. The minimum Gasteiger partial charge on any atom is -0.459 e. The second-order valence-corrected chi connectivity index (χ2v) is 21.7. The van der Waals surface area contributed by atoms with Crippen LogP contribution < -0.4 is 0 Å². The number of nitrogens with zero attached hydrogens (tertiary/aromatic N) is 6. The Hall–Kier alpha value is -3.21. The number of likely N-dealkylation sites (N-methyl/N-ethyl adjacent to an activating group) is 2. The number of nitro benzene ring substituents is 1. The zero-order valence-corrected chi connectivity index (χ0v) is 44.1. The molecule has 0 aliphatic carbocycles. The van der Waals surface area contributed by atoms with Crippen molar-refractivity contribution in [1.29, 1.82) is 0 Å². The first-order valence-electron chi connectivity index (χ1n) is 25.5. The van der Waals surface area contributed by atoms with E-state index in [4.69, 9.17) is 28.4 Å². The number of methoxy groups -OCH3 is 1. The van der Waals surface area contributed by atoms with Gasteiger partial charge in [0.2, 0.25) is 0 Å². The van der Waals surface area contributed by atoms with E-state index in [1.54, 1.807) is 46.8 Å². The van der Waals surface area contributed by atoms with Crippen molar-refractivity contribution in [2.24, 2.45) is 17.8 Å². The molecule has 4 heterocycles. The van der Waals surface area contributed by atoms with Crippen LogP contribution in [0.4, 0.5) is 5.69 Å². The number of hydrogen-bond donors (Lipinski definition) is 4. The lowest BCUT2D eigenvalue weighted by molar-refractivity contribution is -0.384. The second kappa shape index (κ2) is 24.7. The number of hydrogen-bond acceptors (Lipinski definition) is 17. The molecule has 3 aliphatic rings. The summed E-state index contributed by atoms with van der Waals surface area (Å²) >= 11 is 0. The molecule has 398 valence electrons. The van der Waals surface area contributed by atoms with Crippen LogP contribution in [0, 0.1) is 27.9 Å². The number of carbonyl (C=O) groups excluding carboxylic acids is 1. The highest BCUT2D eigenvalue weighted by atomic mass is 16.7. The normalized spacial score (nSPS) is 38.7. The molecule has 3 fully saturated rings. The number of nitro groups is 1. The molecule has 0 radical (unpaired) electrons. The first-order valence-corrected chi connectivity index (χ1v) is 25.5. The first-order chi connectivity index (χ1) is 32.8. The van der Waals surface area contributed by atoms with E-state index in [0.717, 1.165) is 36.9 Å². The van der Waals surface area contributed by atoms with Crippen molar-refractivity contribution in [2.75, 3.05) is 34.3 Å². The lowest BCUT2D eigenvalue weighted by atomic mass is 9.77. The maximum Gasteiger partial charge on any atom is 0.311 e. The summed E-state index contributed by atoms with van der Waals surface area (Å²) < 4.78 is 40.5. The van der Waals surface area contributed by atoms with E-state index >= 15 is 0 Å². The van der Waals surface area contributed by atoms with Crippen LogP contribution in [0.1, 0.15) is 125 Å². The number of aromatic nitrogens is 3. The van der Waals surface area contributed by atoms with Gasteiger partial charge in [-0.3, -0.25) is 19.6 Å². The molecule has 3 saturated heterocycles. The molecule has 0 bridgehead atoms.